The number of nitrogens with zero attached hydrogens (tertiary/aromatic N) is 2. The zero-order valence-electron chi connectivity index (χ0n) is 23.7. The van der Waals surface area contributed by atoms with E-state index in [1.165, 1.54) is 23.3 Å². The number of aromatic amines is 1. The molecule has 4 amide bonds. The third-order valence-electron chi connectivity index (χ3n) is 8.95. The van der Waals surface area contributed by atoms with Crippen LogP contribution < -0.4 is 10.2 Å². The largest absolute Gasteiger partial charge is 0.356 e. The topological polar surface area (TPSA) is 85.5 Å². The Morgan fingerprint density at radius 3 is 2.52 bits per heavy atom. The molecule has 7 rings (SSSR count). The first-order chi connectivity index (χ1) is 20.5. The number of anilines is 1. The number of nitrogens with one attached hydrogen (secondary N) is 2. The van der Waals surface area contributed by atoms with Gasteiger partial charge in [0, 0.05) is 35.1 Å². The molecule has 2 N–H and O–H groups in total. The molecule has 7 heteroatoms. The Balaban J connectivity index is 1.16. The summed E-state index contributed by atoms with van der Waals surface area (Å²) >= 11 is 0. The lowest BCUT2D eigenvalue weighted by Crippen LogP contribution is -2.44. The van der Waals surface area contributed by atoms with Crippen molar-refractivity contribution in [3.63, 3.8) is 0 Å². The average molecular weight is 559 g/mol. The quantitative estimate of drug-likeness (QED) is 0.207. The summed E-state index contributed by atoms with van der Waals surface area (Å²) in [6.45, 7) is 2.63. The molecule has 0 bridgehead atoms. The van der Waals surface area contributed by atoms with Crippen molar-refractivity contribution in [2.45, 2.75) is 57.5 Å². The van der Waals surface area contributed by atoms with Crippen molar-refractivity contribution < 1.29 is 14.4 Å². The molecule has 1 aromatic heterocycles. The highest BCUT2D eigenvalue weighted by Crippen LogP contribution is 2.44. The molecule has 3 aliphatic rings. The summed E-state index contributed by atoms with van der Waals surface area (Å²) < 4.78 is 0. The number of imide groups is 1. The minimum absolute atomic E-state index is 0.153. The first-order valence-electron chi connectivity index (χ1n) is 14.9. The van der Waals surface area contributed by atoms with Crippen LogP contribution in [0.4, 0.5) is 10.5 Å². The van der Waals surface area contributed by atoms with Crippen LogP contribution in [0.25, 0.3) is 10.9 Å². The van der Waals surface area contributed by atoms with E-state index in [4.69, 9.17) is 0 Å². The van der Waals surface area contributed by atoms with E-state index in [0.717, 1.165) is 52.5 Å². The van der Waals surface area contributed by atoms with E-state index in [0.29, 0.717) is 24.2 Å². The third-order valence-corrected chi connectivity index (χ3v) is 8.95. The summed E-state index contributed by atoms with van der Waals surface area (Å²) in [6.07, 6.45) is 8.33. The highest BCUT2D eigenvalue weighted by Gasteiger charge is 2.53. The Labute approximate surface area is 245 Å². The van der Waals surface area contributed by atoms with Gasteiger partial charge in [-0.3, -0.25) is 14.5 Å². The Kier molecular flexibility index (Phi) is 6.65. The zero-order chi connectivity index (χ0) is 28.8. The van der Waals surface area contributed by atoms with E-state index in [1.807, 2.05) is 49.4 Å². The minimum Gasteiger partial charge on any atom is -0.356 e. The number of allylic oxidation sites excluding steroid dienone is 1. The Morgan fingerprint density at radius 1 is 0.976 bits per heavy atom. The summed E-state index contributed by atoms with van der Waals surface area (Å²) in [5.74, 6) is -0.398. The van der Waals surface area contributed by atoms with Gasteiger partial charge in [-0.15, -0.1) is 0 Å². The molecule has 0 radical (unpaired) electrons. The Hall–Kier alpha value is -4.65. The lowest BCUT2D eigenvalue weighted by molar-refractivity contribution is -0.120. The number of amides is 4. The number of rotatable bonds is 6. The maximum absolute atomic E-state index is 14.1. The molecule has 4 aromatic rings. The molecular formula is C35H34N4O3. The van der Waals surface area contributed by atoms with Gasteiger partial charge in [0.05, 0.1) is 5.69 Å². The molecule has 2 atom stereocenters. The molecule has 0 spiro atoms. The van der Waals surface area contributed by atoms with Gasteiger partial charge in [-0.25, -0.2) is 9.69 Å². The van der Waals surface area contributed by atoms with Crippen LogP contribution in [0, 0.1) is 6.92 Å². The molecular weight excluding hydrogens is 524 g/mol. The molecule has 2 aliphatic heterocycles. The van der Waals surface area contributed by atoms with Gasteiger partial charge >= 0.3 is 6.03 Å². The Bertz CT molecular complexity index is 1720. The fourth-order valence-corrected chi connectivity index (χ4v) is 6.74. The third kappa shape index (κ3) is 4.49. The number of aryl methyl sites for hydroxylation is 1. The van der Waals surface area contributed by atoms with Gasteiger partial charge in [-0.2, -0.15) is 0 Å². The fraction of sp³-hybridized carbons (Fsp3) is 0.286. The van der Waals surface area contributed by atoms with Crippen LogP contribution in [0.5, 0.6) is 0 Å². The summed E-state index contributed by atoms with van der Waals surface area (Å²) in [4.78, 5) is 47.4. The molecule has 0 saturated carbocycles. The molecule has 7 nitrogen and oxygen atoms in total. The zero-order valence-corrected chi connectivity index (χ0v) is 23.7. The first-order valence-corrected chi connectivity index (χ1v) is 14.9. The molecule has 0 unspecified atom stereocenters. The Morgan fingerprint density at radius 2 is 1.76 bits per heavy atom. The number of para-hydroxylation sites is 1. The van der Waals surface area contributed by atoms with Crippen LogP contribution in [0.1, 0.15) is 70.9 Å². The second kappa shape index (κ2) is 10.6. The van der Waals surface area contributed by atoms with E-state index in [1.54, 1.807) is 29.2 Å². The van der Waals surface area contributed by atoms with Gasteiger partial charge in [0.15, 0.2) is 0 Å². The van der Waals surface area contributed by atoms with Crippen LogP contribution in [-0.2, 0) is 11.2 Å². The van der Waals surface area contributed by atoms with Gasteiger partial charge < -0.3 is 10.3 Å². The van der Waals surface area contributed by atoms with E-state index < -0.39 is 12.1 Å². The summed E-state index contributed by atoms with van der Waals surface area (Å²) in [5, 5.41) is 4.09. The summed E-state index contributed by atoms with van der Waals surface area (Å²) in [7, 11) is 0. The smallest absolute Gasteiger partial charge is 0.332 e. The molecule has 1 saturated heterocycles. The average Bonchev–Trinajstić information content (AvgIpc) is 3.51. The number of fused-ring (bicyclic) bond motifs is 4. The number of carbonyl (C=O) groups is 3. The van der Waals surface area contributed by atoms with Gasteiger partial charge in [0.25, 0.3) is 11.8 Å². The van der Waals surface area contributed by atoms with Crippen LogP contribution in [-0.4, -0.2) is 40.3 Å². The van der Waals surface area contributed by atoms with Crippen molar-refractivity contribution >= 4 is 34.4 Å². The normalized spacial score (nSPS) is 20.0. The molecule has 1 fully saturated rings. The van der Waals surface area contributed by atoms with Crippen LogP contribution in [0.3, 0.4) is 0 Å². The number of urea groups is 1. The number of hydrogen-bond acceptors (Lipinski definition) is 3. The predicted molar refractivity (Wildman–Crippen MR) is 163 cm³/mol. The van der Waals surface area contributed by atoms with Crippen molar-refractivity contribution in [3.8, 4) is 0 Å². The monoisotopic (exact) mass is 558 g/mol. The van der Waals surface area contributed by atoms with Crippen LogP contribution >= 0.6 is 0 Å². The SMILES string of the molecule is Cc1ccc([C@@H]2c3[nH]c4ccccc4c3C[C@H]3C(=O)N(c4ccc(C(=O)NCCC5=CCCCC5)cc4)C(=O)N23)cc1. The highest BCUT2D eigenvalue weighted by molar-refractivity contribution is 6.22. The van der Waals surface area contributed by atoms with Crippen molar-refractivity contribution in [3.05, 3.63) is 112 Å². The van der Waals surface area contributed by atoms with E-state index in [9.17, 15) is 14.4 Å². The van der Waals surface area contributed by atoms with Crippen molar-refractivity contribution in [1.82, 2.24) is 15.2 Å². The second-order valence-corrected chi connectivity index (χ2v) is 11.6. The first kappa shape index (κ1) is 26.3. The van der Waals surface area contributed by atoms with Gasteiger partial charge in [-0.05, 0) is 80.5 Å². The molecule has 1 aliphatic carbocycles. The lowest BCUT2D eigenvalue weighted by atomic mass is 9.88. The minimum atomic E-state index is -0.618. The number of carbonyl (C=O) groups excluding carboxylic acids is 3. The predicted octanol–water partition coefficient (Wildman–Crippen LogP) is 6.58. The van der Waals surface area contributed by atoms with Gasteiger partial charge in [0.1, 0.15) is 12.1 Å². The number of benzene rings is 3. The number of aromatic nitrogens is 1. The molecule has 3 aromatic carbocycles. The van der Waals surface area contributed by atoms with Crippen LogP contribution in [0.15, 0.2) is 84.4 Å². The molecule has 212 valence electrons. The molecule has 42 heavy (non-hydrogen) atoms. The van der Waals surface area contributed by atoms with E-state index in [-0.39, 0.29) is 17.8 Å². The van der Waals surface area contributed by atoms with Gasteiger partial charge in [-0.1, -0.05) is 59.7 Å². The maximum Gasteiger partial charge on any atom is 0.332 e. The van der Waals surface area contributed by atoms with E-state index >= 15 is 0 Å². The fourth-order valence-electron chi connectivity index (χ4n) is 6.74. The number of H-pyrrole nitrogens is 1. The van der Waals surface area contributed by atoms with Crippen LogP contribution in [0.2, 0.25) is 0 Å². The van der Waals surface area contributed by atoms with Crippen molar-refractivity contribution in [1.29, 1.82) is 0 Å². The lowest BCUT2D eigenvalue weighted by Gasteiger charge is -2.36. The summed E-state index contributed by atoms with van der Waals surface area (Å²) in [6, 6.07) is 21.6. The maximum atomic E-state index is 14.1. The number of hydrogen-bond donors (Lipinski definition) is 2. The van der Waals surface area contributed by atoms with E-state index in [2.05, 4.69) is 22.4 Å². The summed E-state index contributed by atoms with van der Waals surface area (Å²) in [5.41, 5.74) is 7.52. The van der Waals surface area contributed by atoms with Gasteiger partial charge in [0.2, 0.25) is 0 Å². The van der Waals surface area contributed by atoms with Crippen molar-refractivity contribution in [2.75, 3.05) is 11.4 Å². The van der Waals surface area contributed by atoms with Crippen molar-refractivity contribution in [2.24, 2.45) is 0 Å². The standard InChI is InChI=1S/C35H34N4O3/c1-22-11-13-24(14-12-22)32-31-28(27-9-5-6-10-29(27)37-31)21-30-34(41)38(35(42)39(30)32)26-17-15-25(16-18-26)33(40)36-20-19-23-7-3-2-4-8-23/h5-7,9-18,30,32,37H,2-4,8,19-21H2,1H3,(H,36,40)/t30-,32+/m0/s1. The highest BCUT2D eigenvalue weighted by atomic mass is 16.2. The second-order valence-electron chi connectivity index (χ2n) is 11.6. The molecule has 3 heterocycles.